The van der Waals surface area contributed by atoms with Crippen LogP contribution in [-0.2, 0) is 0 Å². The molecule has 0 saturated heterocycles. The number of amidine groups is 1. The summed E-state index contributed by atoms with van der Waals surface area (Å²) in [7, 11) is 0. The average Bonchev–Trinajstić information content (AvgIpc) is 3.47. The maximum Gasteiger partial charge on any atom is 0.160 e. The quantitative estimate of drug-likeness (QED) is 0.139. The number of aliphatic imine (C=N–C) groups is 2. The Morgan fingerprint density at radius 2 is 1.24 bits per heavy atom. The highest BCUT2D eigenvalue weighted by Gasteiger charge is 2.18. The molecule has 0 radical (unpaired) electrons. The predicted octanol–water partition coefficient (Wildman–Crippen LogP) is 11.5. The summed E-state index contributed by atoms with van der Waals surface area (Å²) in [5.41, 5.74) is 13.3. The highest BCUT2D eigenvalue weighted by molar-refractivity contribution is 6.22. The average molecular weight is 595 g/mol. The third-order valence-electron chi connectivity index (χ3n) is 8.55. The first-order valence-corrected chi connectivity index (χ1v) is 15.5. The number of rotatable bonds is 6. The van der Waals surface area contributed by atoms with Gasteiger partial charge >= 0.3 is 0 Å². The van der Waals surface area contributed by atoms with E-state index in [1.54, 1.807) is 0 Å². The maximum atomic E-state index is 6.45. The van der Waals surface area contributed by atoms with Crippen LogP contribution in [0, 0.1) is 13.8 Å². The minimum absolute atomic E-state index is 0.588. The smallest absolute Gasteiger partial charge is 0.160 e. The van der Waals surface area contributed by atoms with Gasteiger partial charge in [0.15, 0.2) is 5.84 Å². The summed E-state index contributed by atoms with van der Waals surface area (Å²) in [5.74, 6) is 0.588. The summed E-state index contributed by atoms with van der Waals surface area (Å²) < 4.78 is 6.45. The van der Waals surface area contributed by atoms with Crippen molar-refractivity contribution in [2.75, 3.05) is 0 Å². The molecule has 0 saturated carbocycles. The van der Waals surface area contributed by atoms with Gasteiger partial charge in [-0.05, 0) is 83.5 Å². The number of fused-ring (bicyclic) bond motifs is 3. The van der Waals surface area contributed by atoms with E-state index in [2.05, 4.69) is 99.3 Å². The van der Waals surface area contributed by atoms with Gasteiger partial charge in [-0.3, -0.25) is 0 Å². The molecule has 7 aromatic rings. The fourth-order valence-electron chi connectivity index (χ4n) is 6.17. The van der Waals surface area contributed by atoms with E-state index in [-0.39, 0.29) is 0 Å². The fourth-order valence-corrected chi connectivity index (χ4v) is 6.17. The second-order valence-corrected chi connectivity index (χ2v) is 11.6. The highest BCUT2D eigenvalue weighted by atomic mass is 16.3. The number of nitrogens with zero attached hydrogens (tertiary/aromatic N) is 2. The van der Waals surface area contributed by atoms with Crippen LogP contribution in [0.2, 0.25) is 0 Å². The van der Waals surface area contributed by atoms with Crippen molar-refractivity contribution in [2.45, 2.75) is 20.8 Å². The Kier molecular flexibility index (Phi) is 7.74. The summed E-state index contributed by atoms with van der Waals surface area (Å²) in [6, 6.07) is 47.9. The molecular weight excluding hydrogens is 560 g/mol. The van der Waals surface area contributed by atoms with Crippen LogP contribution in [-0.4, -0.2) is 11.5 Å². The van der Waals surface area contributed by atoms with Gasteiger partial charge in [-0.25, -0.2) is 9.98 Å². The number of hydrogen-bond acceptors (Lipinski definition) is 2. The lowest BCUT2D eigenvalue weighted by Gasteiger charge is -2.15. The molecule has 0 spiro atoms. The lowest BCUT2D eigenvalue weighted by atomic mass is 9.88. The van der Waals surface area contributed by atoms with E-state index >= 15 is 0 Å². The molecule has 222 valence electrons. The van der Waals surface area contributed by atoms with Crippen LogP contribution in [0.3, 0.4) is 0 Å². The molecule has 0 aliphatic rings. The zero-order valence-electron chi connectivity index (χ0n) is 26.3. The van der Waals surface area contributed by atoms with Crippen LogP contribution in [0.1, 0.15) is 34.7 Å². The molecule has 6 aromatic carbocycles. The summed E-state index contributed by atoms with van der Waals surface area (Å²) >= 11 is 0. The third kappa shape index (κ3) is 5.48. The van der Waals surface area contributed by atoms with Crippen LogP contribution in [0.25, 0.3) is 49.9 Å². The van der Waals surface area contributed by atoms with Crippen molar-refractivity contribution < 1.29 is 4.42 Å². The van der Waals surface area contributed by atoms with Gasteiger partial charge in [-0.2, -0.15) is 0 Å². The Hall–Kier alpha value is -5.80. The molecule has 0 amide bonds. The van der Waals surface area contributed by atoms with Crippen LogP contribution in [0.15, 0.2) is 161 Å². The Morgan fingerprint density at radius 3 is 2.00 bits per heavy atom. The highest BCUT2D eigenvalue weighted by Crippen LogP contribution is 2.40. The van der Waals surface area contributed by atoms with Crippen molar-refractivity contribution in [2.24, 2.45) is 9.98 Å². The zero-order chi connectivity index (χ0) is 31.6. The maximum absolute atomic E-state index is 6.45. The lowest BCUT2D eigenvalue weighted by molar-refractivity contribution is 0.669. The molecule has 0 unspecified atom stereocenters. The van der Waals surface area contributed by atoms with Crippen molar-refractivity contribution >= 4 is 39.2 Å². The molecule has 1 heterocycles. The first kappa shape index (κ1) is 28.9. The molecular formula is C43H34N2O. The summed E-state index contributed by atoms with van der Waals surface area (Å²) in [6.07, 6.45) is 0. The minimum Gasteiger partial charge on any atom is -0.456 e. The van der Waals surface area contributed by atoms with E-state index in [1.165, 1.54) is 27.8 Å². The lowest BCUT2D eigenvalue weighted by Crippen LogP contribution is -2.05. The molecule has 0 N–H and O–H groups in total. The van der Waals surface area contributed by atoms with Crippen molar-refractivity contribution in [1.29, 1.82) is 0 Å². The molecule has 0 aliphatic heterocycles. The van der Waals surface area contributed by atoms with E-state index in [9.17, 15) is 0 Å². The van der Waals surface area contributed by atoms with Gasteiger partial charge in [0.25, 0.3) is 0 Å². The van der Waals surface area contributed by atoms with Crippen LogP contribution in [0.4, 0.5) is 0 Å². The number of aryl methyl sites for hydroxylation is 2. The van der Waals surface area contributed by atoms with Crippen molar-refractivity contribution in [1.82, 2.24) is 0 Å². The van der Waals surface area contributed by atoms with Gasteiger partial charge in [-0.1, -0.05) is 128 Å². The third-order valence-corrected chi connectivity index (χ3v) is 8.55. The Balaban J connectivity index is 1.45. The molecule has 3 heteroatoms. The van der Waals surface area contributed by atoms with Crippen LogP contribution >= 0.6 is 0 Å². The summed E-state index contributed by atoms with van der Waals surface area (Å²) in [5, 5.41) is 2.00. The second-order valence-electron chi connectivity index (χ2n) is 11.6. The van der Waals surface area contributed by atoms with Crippen molar-refractivity contribution in [3.8, 4) is 22.3 Å². The molecule has 0 aliphatic carbocycles. The molecule has 46 heavy (non-hydrogen) atoms. The number of furan rings is 1. The molecule has 0 fully saturated rings. The van der Waals surface area contributed by atoms with E-state index in [0.717, 1.165) is 49.9 Å². The molecule has 0 atom stereocenters. The van der Waals surface area contributed by atoms with E-state index in [0.29, 0.717) is 11.5 Å². The Bertz CT molecular complexity index is 2290. The van der Waals surface area contributed by atoms with E-state index in [4.69, 9.17) is 14.4 Å². The van der Waals surface area contributed by atoms with Gasteiger partial charge in [0.2, 0.25) is 0 Å². The van der Waals surface area contributed by atoms with Gasteiger partial charge in [0, 0.05) is 22.0 Å². The van der Waals surface area contributed by atoms with Gasteiger partial charge in [0.05, 0.1) is 5.70 Å². The summed E-state index contributed by atoms with van der Waals surface area (Å²) in [4.78, 5) is 10.2. The molecule has 0 bridgehead atoms. The molecule has 7 rings (SSSR count). The predicted molar refractivity (Wildman–Crippen MR) is 195 cm³/mol. The fraction of sp³-hybridized carbons (Fsp3) is 0.0698. The molecule has 3 nitrogen and oxygen atoms in total. The van der Waals surface area contributed by atoms with Crippen molar-refractivity contribution in [3.63, 3.8) is 0 Å². The normalized spacial score (nSPS) is 12.2. The van der Waals surface area contributed by atoms with Gasteiger partial charge in [-0.15, -0.1) is 0 Å². The SMILES string of the molecule is C=C(N=C(N=C(C)c1ccccc1)c1cccc2oc3ccc(-c4cccc(C)c4-c4ccccc4C)cc3c12)c1ccccc1. The number of hydrogen-bond donors (Lipinski definition) is 0. The van der Waals surface area contributed by atoms with Crippen LogP contribution < -0.4 is 0 Å². The largest absolute Gasteiger partial charge is 0.456 e. The number of benzene rings is 6. The zero-order valence-corrected chi connectivity index (χ0v) is 26.3. The summed E-state index contributed by atoms with van der Waals surface area (Å²) in [6.45, 7) is 10.7. The molecule has 1 aromatic heterocycles. The van der Waals surface area contributed by atoms with E-state index < -0.39 is 0 Å². The first-order chi connectivity index (χ1) is 22.5. The van der Waals surface area contributed by atoms with Gasteiger partial charge < -0.3 is 4.42 Å². The van der Waals surface area contributed by atoms with Crippen LogP contribution in [0.5, 0.6) is 0 Å². The Labute approximate surface area is 269 Å². The monoisotopic (exact) mass is 594 g/mol. The Morgan fingerprint density at radius 1 is 0.587 bits per heavy atom. The first-order valence-electron chi connectivity index (χ1n) is 15.5. The minimum atomic E-state index is 0.588. The van der Waals surface area contributed by atoms with Crippen molar-refractivity contribution in [3.05, 3.63) is 174 Å². The second kappa shape index (κ2) is 12.3. The van der Waals surface area contributed by atoms with Gasteiger partial charge in [0.1, 0.15) is 11.2 Å². The standard InChI is InChI=1S/C43H34N2O/c1-28-15-11-12-21-35(28)41-29(2)16-13-22-36(41)34-25-26-39-38(27-34)42-37(23-14-24-40(42)46-39)43(44-30(3)32-17-7-5-8-18-32)45-31(4)33-19-9-6-10-20-33/h5-27H,3H2,1-2,4H3. The van der Waals surface area contributed by atoms with E-state index in [1.807, 2.05) is 67.6 Å². The topological polar surface area (TPSA) is 37.9 Å².